The summed E-state index contributed by atoms with van der Waals surface area (Å²) < 4.78 is 0. The lowest BCUT2D eigenvalue weighted by Crippen LogP contribution is -2.14. The maximum Gasteiger partial charge on any atom is 0.0159 e. The largest absolute Gasteiger partial charge is 0.0622 e. The second-order valence-electron chi connectivity index (χ2n) is 13.8. The van der Waals surface area contributed by atoms with E-state index in [0.717, 1.165) is 0 Å². The zero-order chi connectivity index (χ0) is 32.4. The maximum atomic E-state index is 2.40. The molecule has 0 spiro atoms. The van der Waals surface area contributed by atoms with Crippen LogP contribution in [0, 0.1) is 6.92 Å². The van der Waals surface area contributed by atoms with Crippen molar-refractivity contribution in [1.82, 2.24) is 0 Å². The van der Waals surface area contributed by atoms with Gasteiger partial charge in [-0.3, -0.25) is 0 Å². The second kappa shape index (κ2) is 10.9. The summed E-state index contributed by atoms with van der Waals surface area (Å²) in [4.78, 5) is 0. The van der Waals surface area contributed by atoms with Crippen LogP contribution in [0.25, 0.3) is 77.2 Å². The van der Waals surface area contributed by atoms with Crippen LogP contribution in [0.5, 0.6) is 0 Å². The highest BCUT2D eigenvalue weighted by molar-refractivity contribution is 6.23. The Morgan fingerprint density at radius 2 is 0.875 bits per heavy atom. The highest BCUT2D eigenvalue weighted by Crippen LogP contribution is 2.54. The Balaban J connectivity index is 1.28. The van der Waals surface area contributed by atoms with Gasteiger partial charge in [0.15, 0.2) is 0 Å². The van der Waals surface area contributed by atoms with Crippen molar-refractivity contribution in [2.75, 3.05) is 0 Å². The van der Waals surface area contributed by atoms with E-state index in [0.29, 0.717) is 0 Å². The minimum absolute atomic E-state index is 0.0524. The van der Waals surface area contributed by atoms with E-state index in [1.54, 1.807) is 0 Å². The molecular weight excluding hydrogens is 577 g/mol. The first-order valence-corrected chi connectivity index (χ1v) is 16.9. The zero-order valence-electron chi connectivity index (χ0n) is 27.6. The molecule has 0 amide bonds. The molecule has 0 fully saturated rings. The summed E-state index contributed by atoms with van der Waals surface area (Å²) in [7, 11) is 0. The molecule has 0 radical (unpaired) electrons. The Hall–Kier alpha value is -5.72. The Morgan fingerprint density at radius 3 is 1.67 bits per heavy atom. The standard InChI is InChI=1S/C48H36/c1-31-23-28-39-42(29-31)46(41-20-12-22-44-47(41)40-19-9-10-21-43(40)48(44,2)3)38-18-8-7-17-37(38)45(39)36-16-11-15-35(30-36)34-26-24-33(25-27-34)32-13-5-4-6-14-32/h4-30H,1-3H3. The summed E-state index contributed by atoms with van der Waals surface area (Å²) >= 11 is 0. The van der Waals surface area contributed by atoms with E-state index in [2.05, 4.69) is 185 Å². The lowest BCUT2D eigenvalue weighted by Gasteiger charge is -2.23. The highest BCUT2D eigenvalue weighted by Gasteiger charge is 2.37. The minimum Gasteiger partial charge on any atom is -0.0622 e. The monoisotopic (exact) mass is 612 g/mol. The molecule has 0 unspecified atom stereocenters. The van der Waals surface area contributed by atoms with Crippen molar-refractivity contribution < 1.29 is 0 Å². The number of hydrogen-bond acceptors (Lipinski definition) is 0. The first-order chi connectivity index (χ1) is 23.5. The molecule has 0 atom stereocenters. The highest BCUT2D eigenvalue weighted by atomic mass is 14.4. The van der Waals surface area contributed by atoms with Gasteiger partial charge in [-0.25, -0.2) is 0 Å². The molecule has 8 aromatic carbocycles. The second-order valence-corrected chi connectivity index (χ2v) is 13.8. The van der Waals surface area contributed by atoms with Gasteiger partial charge in [-0.2, -0.15) is 0 Å². The fraction of sp³-hybridized carbons (Fsp3) is 0.0833. The molecule has 0 aliphatic heterocycles. The zero-order valence-corrected chi connectivity index (χ0v) is 27.6. The molecule has 0 nitrogen and oxygen atoms in total. The van der Waals surface area contributed by atoms with Gasteiger partial charge < -0.3 is 0 Å². The minimum atomic E-state index is -0.0524. The van der Waals surface area contributed by atoms with Gasteiger partial charge in [0.25, 0.3) is 0 Å². The van der Waals surface area contributed by atoms with Gasteiger partial charge in [-0.15, -0.1) is 0 Å². The lowest BCUT2D eigenvalue weighted by molar-refractivity contribution is 0.660. The SMILES string of the molecule is Cc1ccc2c(-c3cccc(-c4ccc(-c5ccccc5)cc4)c3)c3ccccc3c(-c3cccc4c3-c3ccccc3C4(C)C)c2c1. The van der Waals surface area contributed by atoms with Crippen LogP contribution in [0.3, 0.4) is 0 Å². The van der Waals surface area contributed by atoms with Crippen LogP contribution in [0.4, 0.5) is 0 Å². The van der Waals surface area contributed by atoms with Gasteiger partial charge in [0.05, 0.1) is 0 Å². The number of rotatable bonds is 4. The fourth-order valence-corrected chi connectivity index (χ4v) is 8.20. The van der Waals surface area contributed by atoms with E-state index in [-0.39, 0.29) is 5.41 Å². The van der Waals surface area contributed by atoms with Crippen LogP contribution < -0.4 is 0 Å². The molecule has 0 heterocycles. The van der Waals surface area contributed by atoms with Crippen molar-refractivity contribution in [3.05, 3.63) is 180 Å². The normalized spacial score (nSPS) is 13.1. The van der Waals surface area contributed by atoms with Gasteiger partial charge >= 0.3 is 0 Å². The third-order valence-corrected chi connectivity index (χ3v) is 10.5. The summed E-state index contributed by atoms with van der Waals surface area (Å²) in [6.07, 6.45) is 0. The first-order valence-electron chi connectivity index (χ1n) is 16.9. The summed E-state index contributed by atoms with van der Waals surface area (Å²) in [6.45, 7) is 6.95. The van der Waals surface area contributed by atoms with Gasteiger partial charge in [-0.05, 0) is 101 Å². The Kier molecular flexibility index (Phi) is 6.49. The van der Waals surface area contributed by atoms with Crippen molar-refractivity contribution in [2.24, 2.45) is 0 Å². The van der Waals surface area contributed by atoms with E-state index < -0.39 is 0 Å². The average molecular weight is 613 g/mol. The van der Waals surface area contributed by atoms with Gasteiger partial charge in [0.2, 0.25) is 0 Å². The average Bonchev–Trinajstić information content (AvgIpc) is 3.37. The van der Waals surface area contributed by atoms with E-state index in [1.165, 1.54) is 93.9 Å². The predicted molar refractivity (Wildman–Crippen MR) is 205 cm³/mol. The lowest BCUT2D eigenvalue weighted by atomic mass is 9.80. The fourth-order valence-electron chi connectivity index (χ4n) is 8.20. The van der Waals surface area contributed by atoms with Crippen LogP contribution >= 0.6 is 0 Å². The molecule has 0 saturated carbocycles. The Labute approximate surface area is 283 Å². The van der Waals surface area contributed by atoms with Crippen LogP contribution in [-0.4, -0.2) is 0 Å². The molecular formula is C48H36. The summed E-state index contributed by atoms with van der Waals surface area (Å²) in [5.41, 5.74) is 16.8. The van der Waals surface area contributed by atoms with Gasteiger partial charge in [0, 0.05) is 5.41 Å². The molecule has 48 heavy (non-hydrogen) atoms. The predicted octanol–water partition coefficient (Wildman–Crippen LogP) is 13.3. The van der Waals surface area contributed by atoms with E-state index >= 15 is 0 Å². The van der Waals surface area contributed by atoms with Crippen molar-refractivity contribution in [3.8, 4) is 55.6 Å². The molecule has 9 rings (SSSR count). The van der Waals surface area contributed by atoms with Crippen molar-refractivity contribution in [3.63, 3.8) is 0 Å². The molecule has 1 aliphatic rings. The molecule has 0 aromatic heterocycles. The maximum absolute atomic E-state index is 2.40. The van der Waals surface area contributed by atoms with Crippen LogP contribution in [0.2, 0.25) is 0 Å². The topological polar surface area (TPSA) is 0 Å². The summed E-state index contributed by atoms with van der Waals surface area (Å²) in [5, 5.41) is 5.16. The third-order valence-electron chi connectivity index (χ3n) is 10.5. The third kappa shape index (κ3) is 4.37. The number of fused-ring (bicyclic) bond motifs is 5. The van der Waals surface area contributed by atoms with Crippen LogP contribution in [-0.2, 0) is 5.41 Å². The molecule has 1 aliphatic carbocycles. The van der Waals surface area contributed by atoms with E-state index in [9.17, 15) is 0 Å². The van der Waals surface area contributed by atoms with E-state index in [1.807, 2.05) is 0 Å². The van der Waals surface area contributed by atoms with Crippen molar-refractivity contribution in [2.45, 2.75) is 26.2 Å². The van der Waals surface area contributed by atoms with Gasteiger partial charge in [-0.1, -0.05) is 177 Å². The molecule has 0 bridgehead atoms. The molecule has 8 aromatic rings. The Bertz CT molecular complexity index is 2510. The quantitative estimate of drug-likeness (QED) is 0.173. The van der Waals surface area contributed by atoms with Crippen molar-refractivity contribution >= 4 is 21.5 Å². The van der Waals surface area contributed by atoms with Crippen LogP contribution in [0.1, 0.15) is 30.5 Å². The van der Waals surface area contributed by atoms with E-state index in [4.69, 9.17) is 0 Å². The van der Waals surface area contributed by atoms with Crippen LogP contribution in [0.15, 0.2) is 164 Å². The molecule has 0 heteroatoms. The number of hydrogen-bond donors (Lipinski definition) is 0. The van der Waals surface area contributed by atoms with Crippen molar-refractivity contribution in [1.29, 1.82) is 0 Å². The summed E-state index contributed by atoms with van der Waals surface area (Å²) in [5.74, 6) is 0. The number of aryl methyl sites for hydroxylation is 1. The molecule has 0 N–H and O–H groups in total. The molecule has 0 saturated heterocycles. The molecule has 228 valence electrons. The van der Waals surface area contributed by atoms with Gasteiger partial charge in [0.1, 0.15) is 0 Å². The summed E-state index contributed by atoms with van der Waals surface area (Å²) in [6, 6.07) is 60.6. The number of benzene rings is 8. The Morgan fingerprint density at radius 1 is 0.333 bits per heavy atom. The first kappa shape index (κ1) is 28.5. The smallest absolute Gasteiger partial charge is 0.0159 e.